The summed E-state index contributed by atoms with van der Waals surface area (Å²) in [5, 5.41) is 20.1. The molecule has 7 nitrogen and oxygen atoms in total. The van der Waals surface area contributed by atoms with E-state index in [2.05, 4.69) is 13.5 Å². The number of likely N-dealkylation sites (tertiary alicyclic amines) is 1. The van der Waals surface area contributed by atoms with Gasteiger partial charge in [0.15, 0.2) is 0 Å². The summed E-state index contributed by atoms with van der Waals surface area (Å²) in [6.45, 7) is 13.9. The number of aliphatic hydroxyl groups excluding tert-OH is 1. The number of carboxylic acids is 1. The molecule has 2 amide bonds. The van der Waals surface area contributed by atoms with Gasteiger partial charge in [-0.2, -0.15) is 0 Å². The van der Waals surface area contributed by atoms with Crippen molar-refractivity contribution in [1.29, 1.82) is 0 Å². The third-order valence-corrected chi connectivity index (χ3v) is 9.94. The van der Waals surface area contributed by atoms with Gasteiger partial charge in [0.2, 0.25) is 11.8 Å². The number of carbonyl (C=O) groups is 3. The standard InChI is InChI=1S/C24H38N2O5S/c1-7-9-15(6)25(10-8-2)22(29)20-24-14(5)11-17(32-24)18(23(30)31)19(24)21(28)26(20)16(12-27)13(3)4/h8,13-20,27H,2,7,9-12H2,1,3-6H3,(H,30,31)/t14?,15?,16-,17-,18+,19-,20?,24?/m0/s1. The average Bonchev–Trinajstić information content (AvgIpc) is 3.30. The first-order chi connectivity index (χ1) is 15.1. The zero-order valence-electron chi connectivity index (χ0n) is 19.9. The van der Waals surface area contributed by atoms with E-state index >= 15 is 0 Å². The Hall–Kier alpha value is -1.54. The number of hydrogen-bond donors (Lipinski definition) is 2. The molecule has 8 atom stereocenters. The molecular weight excluding hydrogens is 428 g/mol. The van der Waals surface area contributed by atoms with Gasteiger partial charge >= 0.3 is 5.97 Å². The SMILES string of the molecule is C=CCN(C(=O)C1N([C@@H](CO)C(C)C)C(=O)[C@@H]2[C@H](C(=O)O)[C@@H]3CC(C)C12S3)C(C)CCC. The summed E-state index contributed by atoms with van der Waals surface area (Å²) >= 11 is 1.54. The van der Waals surface area contributed by atoms with Crippen molar-refractivity contribution >= 4 is 29.5 Å². The number of aliphatic carboxylic acids is 1. The summed E-state index contributed by atoms with van der Waals surface area (Å²) in [4.78, 5) is 43.7. The zero-order valence-corrected chi connectivity index (χ0v) is 20.7. The lowest BCUT2D eigenvalue weighted by Gasteiger charge is -2.43. The van der Waals surface area contributed by atoms with Crippen LogP contribution in [0.4, 0.5) is 0 Å². The molecule has 0 saturated carbocycles. The number of fused-ring (bicyclic) bond motifs is 1. The van der Waals surface area contributed by atoms with Crippen molar-refractivity contribution in [2.45, 2.75) is 82.0 Å². The normalized spacial score (nSPS) is 35.2. The van der Waals surface area contributed by atoms with Crippen molar-refractivity contribution < 1.29 is 24.6 Å². The summed E-state index contributed by atoms with van der Waals surface area (Å²) in [5.41, 5.74) is 0. The Labute approximate surface area is 195 Å². The number of carbonyl (C=O) groups excluding carboxylic acids is 2. The highest BCUT2D eigenvalue weighted by atomic mass is 32.2. The summed E-state index contributed by atoms with van der Waals surface area (Å²) < 4.78 is -0.782. The molecule has 2 bridgehead atoms. The van der Waals surface area contributed by atoms with Gasteiger partial charge in [-0.3, -0.25) is 14.4 Å². The highest BCUT2D eigenvalue weighted by Gasteiger charge is 2.77. The molecule has 1 spiro atoms. The molecule has 0 aromatic heterocycles. The van der Waals surface area contributed by atoms with Crippen molar-refractivity contribution in [2.24, 2.45) is 23.7 Å². The summed E-state index contributed by atoms with van der Waals surface area (Å²) in [7, 11) is 0. The van der Waals surface area contributed by atoms with Gasteiger partial charge in [-0.15, -0.1) is 18.3 Å². The lowest BCUT2D eigenvalue weighted by atomic mass is 9.66. The molecule has 180 valence electrons. The number of hydrogen-bond acceptors (Lipinski definition) is 5. The predicted octanol–water partition coefficient (Wildman–Crippen LogP) is 2.63. The molecule has 0 aromatic carbocycles. The average molecular weight is 467 g/mol. The molecule has 0 radical (unpaired) electrons. The maximum Gasteiger partial charge on any atom is 0.308 e. The van der Waals surface area contributed by atoms with Crippen molar-refractivity contribution in [3.8, 4) is 0 Å². The minimum Gasteiger partial charge on any atom is -0.481 e. The first kappa shape index (κ1) is 25.1. The van der Waals surface area contributed by atoms with Crippen LogP contribution in [0.25, 0.3) is 0 Å². The molecule has 0 aliphatic carbocycles. The van der Waals surface area contributed by atoms with Gasteiger partial charge < -0.3 is 20.0 Å². The van der Waals surface area contributed by atoms with Crippen LogP contribution in [-0.4, -0.2) is 79.1 Å². The second kappa shape index (κ2) is 9.37. The largest absolute Gasteiger partial charge is 0.481 e. The van der Waals surface area contributed by atoms with Gasteiger partial charge in [-0.05, 0) is 31.6 Å². The van der Waals surface area contributed by atoms with Crippen LogP contribution in [0.5, 0.6) is 0 Å². The Balaban J connectivity index is 2.16. The number of carboxylic acid groups (broad SMARTS) is 1. The second-order valence-electron chi connectivity index (χ2n) is 10.0. The third-order valence-electron chi connectivity index (χ3n) is 7.86. The second-order valence-corrected chi connectivity index (χ2v) is 11.6. The molecule has 3 saturated heterocycles. The lowest BCUT2D eigenvalue weighted by Crippen LogP contribution is -2.61. The Kier molecular flexibility index (Phi) is 7.35. The maximum atomic E-state index is 14.2. The van der Waals surface area contributed by atoms with E-state index in [1.54, 1.807) is 15.9 Å². The molecule has 8 heteroatoms. The van der Waals surface area contributed by atoms with Gasteiger partial charge in [0, 0.05) is 17.8 Å². The number of aliphatic hydroxyl groups is 1. The highest BCUT2D eigenvalue weighted by Crippen LogP contribution is 2.69. The van der Waals surface area contributed by atoms with Gasteiger partial charge in [0.25, 0.3) is 0 Å². The Morgan fingerprint density at radius 3 is 2.53 bits per heavy atom. The fraction of sp³-hybridized carbons (Fsp3) is 0.792. The minimum absolute atomic E-state index is 0.0274. The Morgan fingerprint density at radius 1 is 1.38 bits per heavy atom. The van der Waals surface area contributed by atoms with Crippen LogP contribution >= 0.6 is 11.8 Å². The van der Waals surface area contributed by atoms with E-state index in [0.29, 0.717) is 13.0 Å². The van der Waals surface area contributed by atoms with E-state index in [9.17, 15) is 24.6 Å². The van der Waals surface area contributed by atoms with E-state index in [4.69, 9.17) is 0 Å². The molecular formula is C24H38N2O5S. The fourth-order valence-electron chi connectivity index (χ4n) is 6.36. The van der Waals surface area contributed by atoms with Crippen LogP contribution < -0.4 is 0 Å². The molecule has 3 fully saturated rings. The van der Waals surface area contributed by atoms with Gasteiger partial charge in [0.1, 0.15) is 6.04 Å². The highest BCUT2D eigenvalue weighted by molar-refractivity contribution is 8.02. The molecule has 4 unspecified atom stereocenters. The van der Waals surface area contributed by atoms with Gasteiger partial charge in [-0.1, -0.05) is 40.2 Å². The predicted molar refractivity (Wildman–Crippen MR) is 125 cm³/mol. The molecule has 3 rings (SSSR count). The van der Waals surface area contributed by atoms with Crippen LogP contribution in [0, 0.1) is 23.7 Å². The molecule has 3 aliphatic rings. The van der Waals surface area contributed by atoms with Crippen LogP contribution in [0.3, 0.4) is 0 Å². The maximum absolute atomic E-state index is 14.2. The minimum atomic E-state index is -0.963. The fourth-order valence-corrected chi connectivity index (χ4v) is 8.75. The van der Waals surface area contributed by atoms with E-state index in [-0.39, 0.29) is 41.5 Å². The molecule has 3 aliphatic heterocycles. The number of thioether (sulfide) groups is 1. The zero-order chi connectivity index (χ0) is 24.0. The molecule has 32 heavy (non-hydrogen) atoms. The van der Waals surface area contributed by atoms with E-state index in [0.717, 1.165) is 12.8 Å². The van der Waals surface area contributed by atoms with Crippen molar-refractivity contribution in [3.05, 3.63) is 12.7 Å². The van der Waals surface area contributed by atoms with Gasteiger partial charge in [0.05, 0.1) is 29.2 Å². The molecule has 2 N–H and O–H groups in total. The van der Waals surface area contributed by atoms with Gasteiger partial charge in [-0.25, -0.2) is 0 Å². The Bertz CT molecular complexity index is 773. The molecule has 3 heterocycles. The monoisotopic (exact) mass is 466 g/mol. The van der Waals surface area contributed by atoms with Crippen LogP contribution in [0.2, 0.25) is 0 Å². The first-order valence-electron chi connectivity index (χ1n) is 11.8. The number of rotatable bonds is 10. The van der Waals surface area contributed by atoms with Crippen LogP contribution in [0.1, 0.15) is 53.9 Å². The van der Waals surface area contributed by atoms with E-state index in [1.807, 2.05) is 27.7 Å². The quantitative estimate of drug-likeness (QED) is 0.480. The van der Waals surface area contributed by atoms with Crippen molar-refractivity contribution in [2.75, 3.05) is 13.2 Å². The van der Waals surface area contributed by atoms with Crippen LogP contribution in [0.15, 0.2) is 12.7 Å². The topological polar surface area (TPSA) is 98.2 Å². The summed E-state index contributed by atoms with van der Waals surface area (Å²) in [6, 6.07) is -1.35. The summed E-state index contributed by atoms with van der Waals surface area (Å²) in [6.07, 6.45) is 4.13. The Morgan fingerprint density at radius 2 is 2.03 bits per heavy atom. The smallest absolute Gasteiger partial charge is 0.308 e. The third kappa shape index (κ3) is 3.58. The lowest BCUT2D eigenvalue weighted by molar-refractivity contribution is -0.150. The van der Waals surface area contributed by atoms with Crippen molar-refractivity contribution in [1.82, 2.24) is 9.80 Å². The van der Waals surface area contributed by atoms with E-state index < -0.39 is 34.6 Å². The molecule has 0 aromatic rings. The van der Waals surface area contributed by atoms with Crippen LogP contribution in [-0.2, 0) is 14.4 Å². The first-order valence-corrected chi connectivity index (χ1v) is 12.7. The van der Waals surface area contributed by atoms with E-state index in [1.165, 1.54) is 11.8 Å². The summed E-state index contributed by atoms with van der Waals surface area (Å²) in [5.74, 6) is -2.98. The van der Waals surface area contributed by atoms with Crippen molar-refractivity contribution in [3.63, 3.8) is 0 Å². The number of amides is 2. The number of nitrogens with zero attached hydrogens (tertiary/aromatic N) is 2.